The van der Waals surface area contributed by atoms with Gasteiger partial charge in [0.15, 0.2) is 5.65 Å². The van der Waals surface area contributed by atoms with Gasteiger partial charge in [-0.05, 0) is 36.1 Å². The molecule has 3 aromatic heterocycles. The van der Waals surface area contributed by atoms with Crippen LogP contribution in [0.2, 0.25) is 0 Å². The van der Waals surface area contributed by atoms with Crippen LogP contribution >= 0.6 is 11.3 Å². The number of carbonyl (C=O) groups is 1. The average Bonchev–Trinajstić information content (AvgIpc) is 3.50. The first-order valence-corrected chi connectivity index (χ1v) is 11.1. The minimum Gasteiger partial charge on any atom is -0.457 e. The van der Waals surface area contributed by atoms with E-state index in [1.807, 2.05) is 48.7 Å². The van der Waals surface area contributed by atoms with E-state index >= 15 is 0 Å². The summed E-state index contributed by atoms with van der Waals surface area (Å²) in [5, 5.41) is 20.5. The zero-order valence-corrected chi connectivity index (χ0v) is 18.7. The van der Waals surface area contributed by atoms with Gasteiger partial charge in [0, 0.05) is 18.3 Å². The van der Waals surface area contributed by atoms with E-state index in [4.69, 9.17) is 4.74 Å². The van der Waals surface area contributed by atoms with Gasteiger partial charge in [0.2, 0.25) is 0 Å². The molecule has 168 valence electrons. The Morgan fingerprint density at radius 1 is 1.15 bits per heavy atom. The maximum Gasteiger partial charge on any atom is 0.275 e. The molecule has 0 bridgehead atoms. The first-order chi connectivity index (χ1) is 16.5. The Balaban J connectivity index is 1.47. The van der Waals surface area contributed by atoms with Crippen LogP contribution in [0.15, 0.2) is 78.4 Å². The topological polar surface area (TPSA) is 112 Å². The molecule has 0 radical (unpaired) electrons. The molecule has 0 aliphatic heterocycles. The lowest BCUT2D eigenvalue weighted by Crippen LogP contribution is -2.12. The highest BCUT2D eigenvalue weighted by atomic mass is 32.1. The third-order valence-electron chi connectivity index (χ3n) is 5.10. The van der Waals surface area contributed by atoms with E-state index in [2.05, 4.69) is 15.4 Å². The fourth-order valence-electron chi connectivity index (χ4n) is 3.48. The lowest BCUT2D eigenvalue weighted by atomic mass is 10.2. The maximum atomic E-state index is 13.1. The van der Waals surface area contributed by atoms with E-state index in [1.165, 1.54) is 24.4 Å². The second-order valence-corrected chi connectivity index (χ2v) is 8.34. The molecule has 0 aliphatic rings. The van der Waals surface area contributed by atoms with E-state index in [0.717, 1.165) is 16.1 Å². The van der Waals surface area contributed by atoms with Gasteiger partial charge in [-0.2, -0.15) is 5.10 Å². The van der Waals surface area contributed by atoms with Crippen molar-refractivity contribution in [2.75, 3.05) is 5.32 Å². The zero-order valence-electron chi connectivity index (χ0n) is 17.8. The molecule has 10 heteroatoms. The molecule has 0 saturated carbocycles. The third kappa shape index (κ3) is 4.09. The number of non-ortho nitro benzene ring substituents is 1. The molecule has 9 nitrogen and oxygen atoms in total. The van der Waals surface area contributed by atoms with Crippen molar-refractivity contribution in [2.45, 2.75) is 6.92 Å². The standard InChI is InChI=1S/C24H17N5O4S/c1-15-5-2-3-6-21(15)33-18-12-16(11-17(13-18)29(31)32)27-24(30)19-14-26-28-20(8-9-25-23(19)28)22-7-4-10-34-22/h2-14H,1H3,(H,27,30). The molecule has 0 saturated heterocycles. The number of carbonyl (C=O) groups excluding carboxylic acids is 1. The highest BCUT2D eigenvalue weighted by Gasteiger charge is 2.19. The highest BCUT2D eigenvalue weighted by Crippen LogP contribution is 2.32. The van der Waals surface area contributed by atoms with Gasteiger partial charge in [0.1, 0.15) is 17.1 Å². The van der Waals surface area contributed by atoms with Crippen molar-refractivity contribution in [3.05, 3.63) is 99.7 Å². The molecule has 3 heterocycles. The molecule has 0 unspecified atom stereocenters. The highest BCUT2D eigenvalue weighted by molar-refractivity contribution is 7.13. The Morgan fingerprint density at radius 2 is 2.00 bits per heavy atom. The molecule has 5 rings (SSSR count). The summed E-state index contributed by atoms with van der Waals surface area (Å²) in [5.41, 5.74) is 2.31. The van der Waals surface area contributed by atoms with Crippen molar-refractivity contribution in [1.29, 1.82) is 0 Å². The van der Waals surface area contributed by atoms with Crippen molar-refractivity contribution in [1.82, 2.24) is 14.6 Å². The number of nitro groups is 1. The predicted molar refractivity (Wildman–Crippen MR) is 129 cm³/mol. The molecule has 34 heavy (non-hydrogen) atoms. The summed E-state index contributed by atoms with van der Waals surface area (Å²) >= 11 is 1.55. The number of nitrogens with zero attached hydrogens (tertiary/aromatic N) is 4. The van der Waals surface area contributed by atoms with Crippen molar-refractivity contribution in [3.63, 3.8) is 0 Å². The molecule has 2 aromatic carbocycles. The van der Waals surface area contributed by atoms with E-state index < -0.39 is 10.8 Å². The largest absolute Gasteiger partial charge is 0.457 e. The van der Waals surface area contributed by atoms with Crippen LogP contribution in [-0.4, -0.2) is 25.4 Å². The van der Waals surface area contributed by atoms with Crippen molar-refractivity contribution >= 4 is 34.3 Å². The van der Waals surface area contributed by atoms with Crippen LogP contribution in [0.4, 0.5) is 11.4 Å². The number of thiophene rings is 1. The third-order valence-corrected chi connectivity index (χ3v) is 5.99. The molecular formula is C24H17N5O4S. The van der Waals surface area contributed by atoms with Crippen molar-refractivity contribution in [3.8, 4) is 22.1 Å². The molecule has 1 N–H and O–H groups in total. The van der Waals surface area contributed by atoms with Crippen molar-refractivity contribution in [2.24, 2.45) is 0 Å². The first-order valence-electron chi connectivity index (χ1n) is 10.2. The Bertz CT molecular complexity index is 1530. The Kier molecular flexibility index (Phi) is 5.48. The molecule has 0 atom stereocenters. The van der Waals surface area contributed by atoms with Crippen molar-refractivity contribution < 1.29 is 14.5 Å². The number of anilines is 1. The zero-order chi connectivity index (χ0) is 23.7. The Morgan fingerprint density at radius 3 is 2.76 bits per heavy atom. The normalized spacial score (nSPS) is 10.9. The van der Waals surface area contributed by atoms with Crippen LogP contribution in [0, 0.1) is 17.0 Å². The van der Waals surface area contributed by atoms with Gasteiger partial charge in [-0.25, -0.2) is 9.50 Å². The van der Waals surface area contributed by atoms with E-state index in [0.29, 0.717) is 11.4 Å². The SMILES string of the molecule is Cc1ccccc1Oc1cc(NC(=O)c2cnn3c(-c4cccs4)ccnc23)cc([N+](=O)[O-])c1. The number of aromatic nitrogens is 3. The van der Waals surface area contributed by atoms with Crippen LogP contribution in [0.1, 0.15) is 15.9 Å². The number of para-hydroxylation sites is 1. The summed E-state index contributed by atoms with van der Waals surface area (Å²) < 4.78 is 7.45. The van der Waals surface area contributed by atoms with Crippen LogP contribution in [-0.2, 0) is 0 Å². The maximum absolute atomic E-state index is 13.1. The van der Waals surface area contributed by atoms with Gasteiger partial charge in [-0.15, -0.1) is 11.3 Å². The summed E-state index contributed by atoms with van der Waals surface area (Å²) in [7, 11) is 0. The molecule has 0 fully saturated rings. The van der Waals surface area contributed by atoms with Gasteiger partial charge in [-0.3, -0.25) is 14.9 Å². The lowest BCUT2D eigenvalue weighted by Gasteiger charge is -2.11. The van der Waals surface area contributed by atoms with Gasteiger partial charge < -0.3 is 10.1 Å². The van der Waals surface area contributed by atoms with Gasteiger partial charge >= 0.3 is 0 Å². The number of benzene rings is 2. The molecule has 1 amide bonds. The average molecular weight is 471 g/mol. The number of aryl methyl sites for hydroxylation is 1. The summed E-state index contributed by atoms with van der Waals surface area (Å²) in [5.74, 6) is 0.304. The number of nitrogens with one attached hydrogen (secondary N) is 1. The number of rotatable bonds is 6. The van der Waals surface area contributed by atoms with Gasteiger partial charge in [-0.1, -0.05) is 24.3 Å². The van der Waals surface area contributed by atoms with E-state index in [1.54, 1.807) is 28.1 Å². The second-order valence-electron chi connectivity index (χ2n) is 7.40. The van der Waals surface area contributed by atoms with Gasteiger partial charge in [0.05, 0.1) is 33.4 Å². The van der Waals surface area contributed by atoms with Crippen LogP contribution < -0.4 is 10.1 Å². The summed E-state index contributed by atoms with van der Waals surface area (Å²) in [6.07, 6.45) is 3.04. The Hall–Kier alpha value is -4.57. The van der Waals surface area contributed by atoms with Crippen LogP contribution in [0.25, 0.3) is 16.2 Å². The number of hydrogen-bond acceptors (Lipinski definition) is 7. The minimum absolute atomic E-state index is 0.209. The molecular weight excluding hydrogens is 454 g/mol. The molecule has 0 spiro atoms. The minimum atomic E-state index is -0.537. The quantitative estimate of drug-likeness (QED) is 0.250. The summed E-state index contributed by atoms with van der Waals surface area (Å²) in [6.45, 7) is 1.87. The summed E-state index contributed by atoms with van der Waals surface area (Å²) in [6, 6.07) is 17.2. The predicted octanol–water partition coefficient (Wildman–Crippen LogP) is 5.72. The molecule has 0 aliphatic carbocycles. The number of nitro benzene ring substituents is 1. The van der Waals surface area contributed by atoms with E-state index in [9.17, 15) is 14.9 Å². The fourth-order valence-corrected chi connectivity index (χ4v) is 4.21. The van der Waals surface area contributed by atoms with Crippen LogP contribution in [0.5, 0.6) is 11.5 Å². The molecule has 5 aromatic rings. The van der Waals surface area contributed by atoms with Gasteiger partial charge in [0.25, 0.3) is 11.6 Å². The number of amides is 1. The lowest BCUT2D eigenvalue weighted by molar-refractivity contribution is -0.384. The number of ether oxygens (including phenoxy) is 1. The Labute approximate surface area is 197 Å². The summed E-state index contributed by atoms with van der Waals surface area (Å²) in [4.78, 5) is 29.3. The number of hydrogen-bond donors (Lipinski definition) is 1. The smallest absolute Gasteiger partial charge is 0.275 e. The first kappa shape index (κ1) is 21.3. The monoisotopic (exact) mass is 471 g/mol. The van der Waals surface area contributed by atoms with Crippen LogP contribution in [0.3, 0.4) is 0 Å². The second kappa shape index (κ2) is 8.75. The fraction of sp³-hybridized carbons (Fsp3) is 0.0417. The van der Waals surface area contributed by atoms with E-state index in [-0.39, 0.29) is 22.7 Å². The number of fused-ring (bicyclic) bond motifs is 1.